The molecule has 0 bridgehead atoms. The van der Waals surface area contributed by atoms with E-state index in [1.165, 1.54) is 6.07 Å². The molecule has 0 spiro atoms. The Balaban J connectivity index is 1.58. The molecule has 4 aromatic rings. The van der Waals surface area contributed by atoms with Crippen molar-refractivity contribution in [2.24, 2.45) is 0 Å². The van der Waals surface area contributed by atoms with E-state index in [2.05, 4.69) is 30.2 Å². The van der Waals surface area contributed by atoms with Gasteiger partial charge in [0.2, 0.25) is 0 Å². The van der Waals surface area contributed by atoms with Crippen LogP contribution < -0.4 is 9.47 Å². The van der Waals surface area contributed by atoms with Crippen molar-refractivity contribution in [2.45, 2.75) is 53.0 Å². The summed E-state index contributed by atoms with van der Waals surface area (Å²) in [4.78, 5) is 18.7. The number of unbranched alkanes of at least 4 members (excludes halogenated alkanes) is 1. The highest BCUT2D eigenvalue weighted by Crippen LogP contribution is 2.34. The van der Waals surface area contributed by atoms with Crippen LogP contribution in [0.5, 0.6) is 11.5 Å². The molecule has 0 saturated heterocycles. The molecule has 4 rings (SSSR count). The first-order valence-electron chi connectivity index (χ1n) is 14.4. The van der Waals surface area contributed by atoms with Crippen molar-refractivity contribution in [2.75, 3.05) is 32.8 Å². The van der Waals surface area contributed by atoms with Crippen molar-refractivity contribution in [1.29, 1.82) is 0 Å². The Morgan fingerprint density at radius 1 is 0.951 bits per heavy atom. The molecule has 0 aliphatic carbocycles. The second kappa shape index (κ2) is 14.8. The molecule has 8 nitrogen and oxygen atoms in total. The molecule has 3 aromatic carbocycles. The summed E-state index contributed by atoms with van der Waals surface area (Å²) in [6, 6.07) is 18.5. The number of nitro benzene ring substituents is 1. The number of nitrogens with zero attached hydrogens (tertiary/aromatic N) is 4. The minimum absolute atomic E-state index is 0.0681. The van der Waals surface area contributed by atoms with Gasteiger partial charge < -0.3 is 18.9 Å². The monoisotopic (exact) mass is 578 g/mol. The van der Waals surface area contributed by atoms with Crippen molar-refractivity contribution >= 4 is 28.3 Å². The third-order valence-electron chi connectivity index (χ3n) is 7.21. The number of aromatic nitrogens is 2. The molecular weight excluding hydrogens is 540 g/mol. The summed E-state index contributed by atoms with van der Waals surface area (Å²) >= 11 is 5.98. The fourth-order valence-corrected chi connectivity index (χ4v) is 4.95. The Kier molecular flexibility index (Phi) is 11.0. The van der Waals surface area contributed by atoms with Gasteiger partial charge in [0.25, 0.3) is 0 Å². The third kappa shape index (κ3) is 7.99. The van der Waals surface area contributed by atoms with Gasteiger partial charge in [-0.25, -0.2) is 4.98 Å². The molecule has 0 radical (unpaired) electrons. The third-order valence-corrected chi connectivity index (χ3v) is 7.47. The number of benzene rings is 3. The van der Waals surface area contributed by atoms with Crippen LogP contribution in [0.1, 0.15) is 45.6 Å². The quantitative estimate of drug-likeness (QED) is 0.0766. The highest BCUT2D eigenvalue weighted by molar-refractivity contribution is 6.30. The summed E-state index contributed by atoms with van der Waals surface area (Å²) in [5.74, 6) is 1.80. The van der Waals surface area contributed by atoms with Crippen molar-refractivity contribution in [1.82, 2.24) is 14.5 Å². The normalized spacial score (nSPS) is 11.3. The molecule has 0 aliphatic heterocycles. The molecule has 0 saturated carbocycles. The van der Waals surface area contributed by atoms with Crippen LogP contribution in [0.3, 0.4) is 0 Å². The van der Waals surface area contributed by atoms with Crippen LogP contribution in [0.2, 0.25) is 5.02 Å². The number of halogens is 1. The maximum absolute atomic E-state index is 11.8. The number of hydrogen-bond acceptors (Lipinski definition) is 6. The topological polar surface area (TPSA) is 82.7 Å². The Morgan fingerprint density at radius 2 is 1.73 bits per heavy atom. The van der Waals surface area contributed by atoms with E-state index in [0.717, 1.165) is 79.2 Å². The Hall–Kier alpha value is -3.62. The van der Waals surface area contributed by atoms with Crippen molar-refractivity contribution in [3.63, 3.8) is 0 Å². The van der Waals surface area contributed by atoms with E-state index in [1.54, 1.807) is 12.1 Å². The van der Waals surface area contributed by atoms with E-state index < -0.39 is 4.92 Å². The molecule has 0 atom stereocenters. The second-order valence-corrected chi connectivity index (χ2v) is 10.4. The number of hydrogen-bond donors (Lipinski definition) is 0. The highest BCUT2D eigenvalue weighted by Gasteiger charge is 2.20. The Labute approximate surface area is 247 Å². The van der Waals surface area contributed by atoms with Gasteiger partial charge in [0.05, 0.1) is 29.2 Å². The maximum Gasteiger partial charge on any atom is 0.310 e. The lowest BCUT2D eigenvalue weighted by atomic mass is 10.1. The molecule has 9 heteroatoms. The molecule has 1 heterocycles. The fourth-order valence-electron chi connectivity index (χ4n) is 4.82. The van der Waals surface area contributed by atoms with Gasteiger partial charge in [-0.1, -0.05) is 50.9 Å². The van der Waals surface area contributed by atoms with Crippen LogP contribution in [0, 0.1) is 10.1 Å². The van der Waals surface area contributed by atoms with Gasteiger partial charge in [0, 0.05) is 42.2 Å². The van der Waals surface area contributed by atoms with Crippen molar-refractivity contribution < 1.29 is 14.4 Å². The van der Waals surface area contributed by atoms with Crippen molar-refractivity contribution in [3.05, 3.63) is 81.4 Å². The first-order chi connectivity index (χ1) is 19.9. The van der Waals surface area contributed by atoms with E-state index in [4.69, 9.17) is 26.1 Å². The highest BCUT2D eigenvalue weighted by atomic mass is 35.5. The largest absolute Gasteiger partial charge is 0.493 e. The summed E-state index contributed by atoms with van der Waals surface area (Å²) in [7, 11) is 0. The molecule has 0 amide bonds. The standard InChI is InChI=1S/C32H39ClN4O4/c1-4-7-19-36-30-23-27(40-20-8-18-35(5-2)6-3)14-15-28(30)34-32(36)25-11-16-29(37(38)39)31(22-25)41-21-17-24-9-12-26(33)13-10-24/h9-16,22-23H,4-8,17-21H2,1-3H3. The lowest BCUT2D eigenvalue weighted by Gasteiger charge is -2.17. The van der Waals surface area contributed by atoms with Gasteiger partial charge in [0.1, 0.15) is 11.6 Å². The molecule has 41 heavy (non-hydrogen) atoms. The zero-order valence-corrected chi connectivity index (χ0v) is 24.9. The van der Waals surface area contributed by atoms with Crippen LogP contribution >= 0.6 is 11.6 Å². The fraction of sp³-hybridized carbons (Fsp3) is 0.406. The first-order valence-corrected chi connectivity index (χ1v) is 14.8. The average molecular weight is 579 g/mol. The predicted octanol–water partition coefficient (Wildman–Crippen LogP) is 7.80. The van der Waals surface area contributed by atoms with E-state index >= 15 is 0 Å². The van der Waals surface area contributed by atoms with Crippen LogP contribution in [-0.2, 0) is 13.0 Å². The zero-order valence-electron chi connectivity index (χ0n) is 24.1. The minimum atomic E-state index is -0.411. The second-order valence-electron chi connectivity index (χ2n) is 9.98. The lowest BCUT2D eigenvalue weighted by Crippen LogP contribution is -2.25. The SMILES string of the molecule is CCCCn1c(-c2ccc([N+](=O)[O-])c(OCCc3ccc(Cl)cc3)c2)nc2ccc(OCCCN(CC)CC)cc21. The van der Waals surface area contributed by atoms with Crippen LogP contribution in [-0.4, -0.2) is 52.2 Å². The van der Waals surface area contributed by atoms with Crippen LogP contribution in [0.25, 0.3) is 22.4 Å². The van der Waals surface area contributed by atoms with Gasteiger partial charge >= 0.3 is 5.69 Å². The molecule has 0 unspecified atom stereocenters. The Morgan fingerprint density at radius 3 is 2.44 bits per heavy atom. The summed E-state index contributed by atoms with van der Waals surface area (Å²) in [5.41, 5.74) is 3.58. The maximum atomic E-state index is 11.8. The molecule has 0 fully saturated rings. The Bertz CT molecular complexity index is 1430. The summed E-state index contributed by atoms with van der Waals surface area (Å²) < 4.78 is 14.2. The lowest BCUT2D eigenvalue weighted by molar-refractivity contribution is -0.385. The van der Waals surface area contributed by atoms with Crippen molar-refractivity contribution in [3.8, 4) is 22.9 Å². The number of nitro groups is 1. The summed E-state index contributed by atoms with van der Waals surface area (Å²) in [6.07, 6.45) is 3.57. The van der Waals surface area contributed by atoms with Gasteiger partial charge in [0.15, 0.2) is 5.75 Å². The molecule has 0 N–H and O–H groups in total. The predicted molar refractivity (Wildman–Crippen MR) is 165 cm³/mol. The first kappa shape index (κ1) is 30.3. The van der Waals surface area contributed by atoms with Gasteiger partial charge in [-0.15, -0.1) is 0 Å². The van der Waals surface area contributed by atoms with Crippen LogP contribution in [0.4, 0.5) is 5.69 Å². The van der Waals surface area contributed by atoms with E-state index in [1.807, 2.05) is 42.5 Å². The molecular formula is C32H39ClN4O4. The number of imidazole rings is 1. The van der Waals surface area contributed by atoms with E-state index in [0.29, 0.717) is 24.7 Å². The smallest absolute Gasteiger partial charge is 0.310 e. The van der Waals surface area contributed by atoms with E-state index in [-0.39, 0.29) is 11.4 Å². The average Bonchev–Trinajstić information content (AvgIpc) is 3.34. The number of aryl methyl sites for hydroxylation is 1. The van der Waals surface area contributed by atoms with Crippen LogP contribution in [0.15, 0.2) is 60.7 Å². The number of fused-ring (bicyclic) bond motifs is 1. The van der Waals surface area contributed by atoms with Gasteiger partial charge in [-0.3, -0.25) is 10.1 Å². The number of rotatable bonds is 16. The molecule has 218 valence electrons. The molecule has 1 aromatic heterocycles. The molecule has 0 aliphatic rings. The van der Waals surface area contributed by atoms with Gasteiger partial charge in [-0.05, 0) is 67.9 Å². The van der Waals surface area contributed by atoms with Gasteiger partial charge in [-0.2, -0.15) is 0 Å². The minimum Gasteiger partial charge on any atom is -0.493 e. The van der Waals surface area contributed by atoms with E-state index in [9.17, 15) is 10.1 Å². The summed E-state index contributed by atoms with van der Waals surface area (Å²) in [5, 5.41) is 12.4. The number of ether oxygens (including phenoxy) is 2. The zero-order chi connectivity index (χ0) is 29.2. The summed E-state index contributed by atoms with van der Waals surface area (Å²) in [6.45, 7) is 11.3.